The number of ether oxygens (including phenoxy) is 4. The fourth-order valence-corrected chi connectivity index (χ4v) is 4.45. The summed E-state index contributed by atoms with van der Waals surface area (Å²) in [6, 6.07) is 13.8. The molecule has 0 aromatic heterocycles. The minimum Gasteiger partial charge on any atom is -0.493 e. The Morgan fingerprint density at radius 2 is 1.88 bits per heavy atom. The van der Waals surface area contributed by atoms with Gasteiger partial charge in [0.25, 0.3) is 5.91 Å². The van der Waals surface area contributed by atoms with E-state index in [1.165, 1.54) is 13.3 Å². The van der Waals surface area contributed by atoms with Crippen molar-refractivity contribution in [1.82, 2.24) is 10.7 Å². The van der Waals surface area contributed by atoms with Gasteiger partial charge in [0, 0.05) is 17.3 Å². The molecule has 0 bridgehead atoms. The molecule has 1 heterocycles. The summed E-state index contributed by atoms with van der Waals surface area (Å²) in [5.74, 6) is -0.225. The smallest absolute Gasteiger partial charge is 0.329 e. The maximum Gasteiger partial charge on any atom is 0.329 e. The average molecular weight is 679 g/mol. The predicted molar refractivity (Wildman–Crippen MR) is 156 cm³/mol. The third-order valence-electron chi connectivity index (χ3n) is 5.53. The molecule has 4 rings (SSSR count). The van der Waals surface area contributed by atoms with Gasteiger partial charge in [0.2, 0.25) is 6.79 Å². The Morgan fingerprint density at radius 3 is 2.65 bits per heavy atom. The third kappa shape index (κ3) is 7.54. The van der Waals surface area contributed by atoms with Gasteiger partial charge in [-0.3, -0.25) is 14.4 Å². The van der Waals surface area contributed by atoms with Crippen LogP contribution >= 0.6 is 34.2 Å². The Kier molecular flexibility index (Phi) is 9.66. The van der Waals surface area contributed by atoms with Gasteiger partial charge in [-0.2, -0.15) is 5.10 Å². The summed E-state index contributed by atoms with van der Waals surface area (Å²) in [5, 5.41) is 9.64. The van der Waals surface area contributed by atoms with E-state index in [4.69, 9.17) is 30.5 Å². The van der Waals surface area contributed by atoms with Crippen LogP contribution in [0.1, 0.15) is 16.7 Å². The molecule has 3 aromatic rings. The highest BCUT2D eigenvalue weighted by Crippen LogP contribution is 2.34. The van der Waals surface area contributed by atoms with Crippen molar-refractivity contribution in [1.29, 1.82) is 0 Å². The summed E-state index contributed by atoms with van der Waals surface area (Å²) in [5.41, 5.74) is 4.96. The van der Waals surface area contributed by atoms with E-state index in [-0.39, 0.29) is 25.9 Å². The van der Waals surface area contributed by atoms with Crippen LogP contribution in [0.15, 0.2) is 53.6 Å². The molecule has 0 aliphatic carbocycles. The van der Waals surface area contributed by atoms with E-state index in [1.807, 2.05) is 29.5 Å². The minimum absolute atomic E-state index is 0.125. The standard InChI is InChI=1S/C27H24ClIN4O7/c1-15-3-5-18(10-19(15)28)32-24(34)13-38-25-20(29)7-17(9-23(25)37-2)12-31-33-27(36)26(35)30-11-16-4-6-21-22(8-16)40-14-39-21/h3-10,12H,11,13-14H2,1-2H3,(H,30,35)(H,32,34)(H,33,36)/b31-12-. The highest BCUT2D eigenvalue weighted by atomic mass is 127. The zero-order valence-corrected chi connectivity index (χ0v) is 24.3. The van der Waals surface area contributed by atoms with Gasteiger partial charge < -0.3 is 29.6 Å². The molecule has 0 fully saturated rings. The number of fused-ring (bicyclic) bond motifs is 1. The van der Waals surface area contributed by atoms with Crippen molar-refractivity contribution in [3.63, 3.8) is 0 Å². The highest BCUT2D eigenvalue weighted by Gasteiger charge is 2.16. The Balaban J connectivity index is 1.28. The molecule has 3 N–H and O–H groups in total. The zero-order chi connectivity index (χ0) is 28.6. The molecule has 208 valence electrons. The van der Waals surface area contributed by atoms with Gasteiger partial charge in [0.15, 0.2) is 29.6 Å². The van der Waals surface area contributed by atoms with Crippen molar-refractivity contribution in [2.45, 2.75) is 13.5 Å². The molecule has 0 spiro atoms. The van der Waals surface area contributed by atoms with E-state index in [0.717, 1.165) is 11.1 Å². The summed E-state index contributed by atoms with van der Waals surface area (Å²) >= 11 is 8.14. The summed E-state index contributed by atoms with van der Waals surface area (Å²) in [4.78, 5) is 36.6. The number of rotatable bonds is 9. The SMILES string of the molecule is COc1cc(/C=N\NC(=O)C(=O)NCc2ccc3c(c2)OCO3)cc(I)c1OCC(=O)Nc1ccc(C)c(Cl)c1. The number of amides is 3. The van der Waals surface area contributed by atoms with Gasteiger partial charge in [-0.15, -0.1) is 0 Å². The van der Waals surface area contributed by atoms with Crippen LogP contribution in [0.4, 0.5) is 5.69 Å². The number of aryl methyl sites for hydroxylation is 1. The number of methoxy groups -OCH3 is 1. The monoisotopic (exact) mass is 678 g/mol. The second-order valence-electron chi connectivity index (χ2n) is 8.40. The number of hydrogen-bond donors (Lipinski definition) is 3. The first-order valence-electron chi connectivity index (χ1n) is 11.8. The number of carbonyl (C=O) groups excluding carboxylic acids is 3. The first-order chi connectivity index (χ1) is 19.2. The molecular formula is C27H24ClIN4O7. The third-order valence-corrected chi connectivity index (χ3v) is 6.74. The van der Waals surface area contributed by atoms with Crippen LogP contribution in [-0.4, -0.2) is 44.4 Å². The molecule has 40 heavy (non-hydrogen) atoms. The number of hydrazone groups is 1. The second kappa shape index (κ2) is 13.3. The molecule has 1 aliphatic rings. The lowest BCUT2D eigenvalue weighted by molar-refractivity contribution is -0.139. The normalized spacial score (nSPS) is 11.7. The van der Waals surface area contributed by atoms with Crippen molar-refractivity contribution in [3.05, 3.63) is 73.8 Å². The fraction of sp³-hybridized carbons (Fsp3) is 0.185. The predicted octanol–water partition coefficient (Wildman–Crippen LogP) is 3.77. The molecule has 1 aliphatic heterocycles. The summed E-state index contributed by atoms with van der Waals surface area (Å²) in [6.07, 6.45) is 1.35. The molecule has 3 aromatic carbocycles. The number of nitrogens with one attached hydrogen (secondary N) is 3. The van der Waals surface area contributed by atoms with Gasteiger partial charge in [0.1, 0.15) is 0 Å². The van der Waals surface area contributed by atoms with E-state index in [9.17, 15) is 14.4 Å². The average Bonchev–Trinajstić information content (AvgIpc) is 3.41. The Hall–Kier alpha value is -4.04. The summed E-state index contributed by atoms with van der Waals surface area (Å²) in [7, 11) is 1.46. The van der Waals surface area contributed by atoms with E-state index < -0.39 is 11.8 Å². The number of hydrogen-bond acceptors (Lipinski definition) is 8. The van der Waals surface area contributed by atoms with E-state index in [1.54, 1.807) is 48.5 Å². The molecule has 3 amide bonds. The number of carbonyl (C=O) groups is 3. The van der Waals surface area contributed by atoms with Crippen LogP contribution in [0, 0.1) is 10.5 Å². The Morgan fingerprint density at radius 1 is 1.07 bits per heavy atom. The summed E-state index contributed by atoms with van der Waals surface area (Å²) < 4.78 is 22.3. The van der Waals surface area contributed by atoms with Crippen LogP contribution in [0.2, 0.25) is 5.02 Å². The maximum absolute atomic E-state index is 12.4. The van der Waals surface area contributed by atoms with Crippen molar-refractivity contribution < 1.29 is 33.3 Å². The first kappa shape index (κ1) is 29.0. The van der Waals surface area contributed by atoms with Crippen LogP contribution in [0.3, 0.4) is 0 Å². The molecular weight excluding hydrogens is 655 g/mol. The lowest BCUT2D eigenvalue weighted by atomic mass is 10.2. The van der Waals surface area contributed by atoms with Crippen molar-refractivity contribution in [2.24, 2.45) is 5.10 Å². The molecule has 0 unspecified atom stereocenters. The highest BCUT2D eigenvalue weighted by molar-refractivity contribution is 14.1. The maximum atomic E-state index is 12.4. The zero-order valence-electron chi connectivity index (χ0n) is 21.4. The molecule has 0 saturated heterocycles. The molecule has 0 atom stereocenters. The number of anilines is 1. The van der Waals surface area contributed by atoms with E-state index in [0.29, 0.717) is 42.8 Å². The number of benzene rings is 3. The molecule has 11 nitrogen and oxygen atoms in total. The van der Waals surface area contributed by atoms with Crippen LogP contribution in [0.5, 0.6) is 23.0 Å². The number of nitrogens with zero attached hydrogens (tertiary/aromatic N) is 1. The van der Waals surface area contributed by atoms with Gasteiger partial charge in [-0.05, 0) is 82.6 Å². The Bertz CT molecular complexity index is 1480. The number of halogens is 2. The lowest BCUT2D eigenvalue weighted by Gasteiger charge is -2.14. The van der Waals surface area contributed by atoms with Crippen molar-refractivity contribution in [3.8, 4) is 23.0 Å². The fourth-order valence-electron chi connectivity index (χ4n) is 3.49. The van der Waals surface area contributed by atoms with Gasteiger partial charge in [-0.1, -0.05) is 23.7 Å². The van der Waals surface area contributed by atoms with Gasteiger partial charge >= 0.3 is 11.8 Å². The van der Waals surface area contributed by atoms with Gasteiger partial charge in [-0.25, -0.2) is 5.43 Å². The molecule has 0 radical (unpaired) electrons. The minimum atomic E-state index is -0.931. The quantitative estimate of drug-likeness (QED) is 0.136. The Labute approximate surface area is 248 Å². The molecule has 13 heteroatoms. The topological polar surface area (TPSA) is 137 Å². The first-order valence-corrected chi connectivity index (χ1v) is 13.2. The summed E-state index contributed by atoms with van der Waals surface area (Å²) in [6.45, 7) is 1.88. The van der Waals surface area contributed by atoms with Crippen molar-refractivity contribution >= 4 is 63.8 Å². The second-order valence-corrected chi connectivity index (χ2v) is 9.97. The lowest BCUT2D eigenvalue weighted by Crippen LogP contribution is -2.37. The van der Waals surface area contributed by atoms with E-state index in [2.05, 4.69) is 21.2 Å². The molecule has 0 saturated carbocycles. The van der Waals surface area contributed by atoms with Crippen LogP contribution in [-0.2, 0) is 20.9 Å². The van der Waals surface area contributed by atoms with Crippen LogP contribution in [0.25, 0.3) is 0 Å². The van der Waals surface area contributed by atoms with Crippen molar-refractivity contribution in [2.75, 3.05) is 25.8 Å². The van der Waals surface area contributed by atoms with Gasteiger partial charge in [0.05, 0.1) is 16.9 Å². The van der Waals surface area contributed by atoms with Crippen LogP contribution < -0.4 is 35.0 Å². The van der Waals surface area contributed by atoms with E-state index >= 15 is 0 Å². The largest absolute Gasteiger partial charge is 0.493 e.